The predicted molar refractivity (Wildman–Crippen MR) is 49.8 cm³/mol. The smallest absolute Gasteiger partial charge is 0.221 e. The third-order valence-corrected chi connectivity index (χ3v) is 2.71. The van der Waals surface area contributed by atoms with Crippen molar-refractivity contribution in [2.24, 2.45) is 5.92 Å². The predicted octanol–water partition coefficient (Wildman–Crippen LogP) is -2.20. The summed E-state index contributed by atoms with van der Waals surface area (Å²) < 4.78 is 5.13. The van der Waals surface area contributed by atoms with Crippen LogP contribution in [0.15, 0.2) is 0 Å². The largest absolute Gasteiger partial charge is 0.393 e. The molecule has 5 N–H and O–H groups in total. The molecule has 15 heavy (non-hydrogen) atoms. The van der Waals surface area contributed by atoms with Crippen molar-refractivity contribution in [3.8, 4) is 0 Å². The van der Waals surface area contributed by atoms with Gasteiger partial charge in [-0.25, -0.2) is 0 Å². The lowest BCUT2D eigenvalue weighted by molar-refractivity contribution is -0.356. The van der Waals surface area contributed by atoms with Crippen LogP contribution in [-0.4, -0.2) is 62.3 Å². The first-order valence-corrected chi connectivity index (χ1v) is 4.89. The minimum atomic E-state index is -2.63. The van der Waals surface area contributed by atoms with Gasteiger partial charge in [0.1, 0.15) is 18.3 Å². The van der Waals surface area contributed by atoms with Crippen LogP contribution in [0.4, 0.5) is 0 Å². The van der Waals surface area contributed by atoms with Crippen molar-refractivity contribution in [2.45, 2.75) is 44.1 Å². The van der Waals surface area contributed by atoms with Crippen LogP contribution in [0.2, 0.25) is 0 Å². The van der Waals surface area contributed by atoms with E-state index in [0.717, 1.165) is 0 Å². The molecular weight excluding hydrogens is 204 g/mol. The summed E-state index contributed by atoms with van der Waals surface area (Å²) in [7, 11) is 0. The first kappa shape index (κ1) is 12.8. The Hall–Kier alpha value is -0.240. The van der Waals surface area contributed by atoms with Crippen molar-refractivity contribution < 1.29 is 30.3 Å². The lowest BCUT2D eigenvalue weighted by Crippen LogP contribution is -2.67. The summed E-state index contributed by atoms with van der Waals surface area (Å²) in [5.74, 6) is -2.74. The standard InChI is InChI=1S/C9H18O6/c1-4(2)7-6(11)8(12)9(13,14)5(3-10)15-7/h4-8,10-14H,3H2,1-2H3/t5-,6?,7-,8?/m0/s1. The molecule has 4 atom stereocenters. The van der Waals surface area contributed by atoms with Crippen LogP contribution in [0, 0.1) is 5.92 Å². The summed E-state index contributed by atoms with van der Waals surface area (Å²) in [6.45, 7) is 2.88. The lowest BCUT2D eigenvalue weighted by atomic mass is 9.87. The number of aliphatic hydroxyl groups is 5. The Bertz CT molecular complexity index is 211. The molecule has 1 rings (SSSR count). The van der Waals surface area contributed by atoms with Gasteiger partial charge in [0.05, 0.1) is 12.7 Å². The van der Waals surface area contributed by atoms with E-state index in [-0.39, 0.29) is 5.92 Å². The van der Waals surface area contributed by atoms with Crippen molar-refractivity contribution >= 4 is 0 Å². The zero-order valence-corrected chi connectivity index (χ0v) is 8.74. The molecule has 0 saturated carbocycles. The van der Waals surface area contributed by atoms with Gasteiger partial charge in [0.2, 0.25) is 5.79 Å². The molecular formula is C9H18O6. The zero-order chi connectivity index (χ0) is 11.8. The van der Waals surface area contributed by atoms with Crippen molar-refractivity contribution in [2.75, 3.05) is 6.61 Å². The van der Waals surface area contributed by atoms with Gasteiger partial charge in [0, 0.05) is 0 Å². The Balaban J connectivity index is 2.88. The Labute approximate surface area is 87.7 Å². The molecule has 0 aliphatic carbocycles. The van der Waals surface area contributed by atoms with E-state index >= 15 is 0 Å². The third-order valence-electron chi connectivity index (χ3n) is 2.71. The molecule has 1 fully saturated rings. The van der Waals surface area contributed by atoms with Gasteiger partial charge in [-0.1, -0.05) is 13.8 Å². The second-order valence-corrected chi connectivity index (χ2v) is 4.23. The number of hydrogen-bond donors (Lipinski definition) is 5. The Kier molecular flexibility index (Phi) is 3.70. The number of aliphatic hydroxyl groups excluding tert-OH is 3. The maximum absolute atomic E-state index is 9.58. The van der Waals surface area contributed by atoms with Crippen molar-refractivity contribution in [3.05, 3.63) is 0 Å². The summed E-state index contributed by atoms with van der Waals surface area (Å²) in [5, 5.41) is 46.8. The molecule has 90 valence electrons. The van der Waals surface area contributed by atoms with Gasteiger partial charge in [0.15, 0.2) is 0 Å². The van der Waals surface area contributed by atoms with E-state index in [1.807, 2.05) is 0 Å². The van der Waals surface area contributed by atoms with Crippen LogP contribution in [0.5, 0.6) is 0 Å². The molecule has 6 heteroatoms. The minimum Gasteiger partial charge on any atom is -0.393 e. The van der Waals surface area contributed by atoms with Crippen molar-refractivity contribution in [1.82, 2.24) is 0 Å². The average Bonchev–Trinajstić information content (AvgIpc) is 2.14. The lowest BCUT2D eigenvalue weighted by Gasteiger charge is -2.46. The Morgan fingerprint density at radius 2 is 1.80 bits per heavy atom. The van der Waals surface area contributed by atoms with Crippen molar-refractivity contribution in [1.29, 1.82) is 0 Å². The monoisotopic (exact) mass is 222 g/mol. The third kappa shape index (κ3) is 2.15. The van der Waals surface area contributed by atoms with E-state index in [1.54, 1.807) is 13.8 Å². The Morgan fingerprint density at radius 3 is 2.20 bits per heavy atom. The molecule has 0 bridgehead atoms. The van der Waals surface area contributed by atoms with E-state index in [9.17, 15) is 20.4 Å². The van der Waals surface area contributed by atoms with Crippen LogP contribution in [0.25, 0.3) is 0 Å². The first-order chi connectivity index (χ1) is 6.82. The Morgan fingerprint density at radius 1 is 1.27 bits per heavy atom. The highest BCUT2D eigenvalue weighted by Crippen LogP contribution is 2.30. The average molecular weight is 222 g/mol. The summed E-state index contributed by atoms with van der Waals surface area (Å²) in [4.78, 5) is 0. The fourth-order valence-corrected chi connectivity index (χ4v) is 1.72. The molecule has 0 amide bonds. The van der Waals surface area contributed by atoms with Crippen LogP contribution in [0.1, 0.15) is 13.8 Å². The maximum atomic E-state index is 9.58. The van der Waals surface area contributed by atoms with Gasteiger partial charge in [-0.2, -0.15) is 0 Å². The van der Waals surface area contributed by atoms with E-state index in [2.05, 4.69) is 0 Å². The summed E-state index contributed by atoms with van der Waals surface area (Å²) >= 11 is 0. The topological polar surface area (TPSA) is 110 Å². The van der Waals surface area contributed by atoms with Gasteiger partial charge < -0.3 is 30.3 Å². The quantitative estimate of drug-likeness (QED) is 0.339. The van der Waals surface area contributed by atoms with Crippen LogP contribution in [-0.2, 0) is 4.74 Å². The van der Waals surface area contributed by atoms with E-state index in [0.29, 0.717) is 0 Å². The minimum absolute atomic E-state index is 0.111. The second kappa shape index (κ2) is 4.32. The summed E-state index contributed by atoms with van der Waals surface area (Å²) in [6, 6.07) is 0. The molecule has 0 aromatic rings. The number of hydrogen-bond acceptors (Lipinski definition) is 6. The highest BCUT2D eigenvalue weighted by Gasteiger charge is 2.54. The molecule has 0 spiro atoms. The zero-order valence-electron chi connectivity index (χ0n) is 8.74. The summed E-state index contributed by atoms with van der Waals surface area (Å²) in [5.41, 5.74) is 0. The molecule has 2 unspecified atom stereocenters. The fraction of sp³-hybridized carbons (Fsp3) is 1.00. The van der Waals surface area contributed by atoms with Gasteiger partial charge in [0.25, 0.3) is 0 Å². The normalized spacial score (nSPS) is 40.8. The van der Waals surface area contributed by atoms with Gasteiger partial charge in [-0.3, -0.25) is 0 Å². The summed E-state index contributed by atoms with van der Waals surface area (Å²) in [6.07, 6.45) is -5.19. The highest BCUT2D eigenvalue weighted by molar-refractivity contribution is 4.97. The molecule has 6 nitrogen and oxygen atoms in total. The van der Waals surface area contributed by atoms with Crippen molar-refractivity contribution in [3.63, 3.8) is 0 Å². The van der Waals surface area contributed by atoms with E-state index in [4.69, 9.17) is 9.84 Å². The van der Waals surface area contributed by atoms with Gasteiger partial charge in [-0.05, 0) is 5.92 Å². The van der Waals surface area contributed by atoms with E-state index < -0.39 is 36.8 Å². The number of ether oxygens (including phenoxy) is 1. The number of rotatable bonds is 2. The molecule has 0 aromatic carbocycles. The first-order valence-electron chi connectivity index (χ1n) is 4.89. The van der Waals surface area contributed by atoms with Crippen LogP contribution in [0.3, 0.4) is 0 Å². The molecule has 1 aliphatic heterocycles. The molecule has 1 heterocycles. The van der Waals surface area contributed by atoms with Gasteiger partial charge in [-0.15, -0.1) is 0 Å². The molecule has 0 aromatic heterocycles. The van der Waals surface area contributed by atoms with Crippen LogP contribution < -0.4 is 0 Å². The fourth-order valence-electron chi connectivity index (χ4n) is 1.72. The molecule has 1 saturated heterocycles. The second-order valence-electron chi connectivity index (χ2n) is 4.23. The SMILES string of the molecule is CC(C)[C@@H]1O[C@@H](CO)C(O)(O)C(O)C1O. The van der Waals surface area contributed by atoms with E-state index in [1.165, 1.54) is 0 Å². The van der Waals surface area contributed by atoms with Gasteiger partial charge >= 0.3 is 0 Å². The molecule has 1 aliphatic rings. The highest BCUT2D eigenvalue weighted by atomic mass is 16.6. The molecule has 0 radical (unpaired) electrons. The maximum Gasteiger partial charge on any atom is 0.221 e. The van der Waals surface area contributed by atoms with Crippen LogP contribution >= 0.6 is 0 Å².